The van der Waals surface area contributed by atoms with E-state index in [0.29, 0.717) is 24.5 Å². The zero-order chi connectivity index (χ0) is 19.6. The summed E-state index contributed by atoms with van der Waals surface area (Å²) in [6.45, 7) is 0.903. The molecule has 1 amide bonds. The number of aliphatic hydroxyl groups is 1. The Morgan fingerprint density at radius 1 is 1.37 bits per heavy atom. The van der Waals surface area contributed by atoms with Crippen LogP contribution in [0.15, 0.2) is 44.5 Å². The molecule has 0 spiro atoms. The molecule has 0 aliphatic carbocycles. The van der Waals surface area contributed by atoms with Crippen LogP contribution < -0.4 is 21.7 Å². The number of likely N-dealkylation sites (tertiary alicyclic amines) is 1. The van der Waals surface area contributed by atoms with Crippen LogP contribution in [-0.2, 0) is 0 Å². The van der Waals surface area contributed by atoms with E-state index in [2.05, 4.69) is 20.9 Å². The Morgan fingerprint density at radius 3 is 2.89 bits per heavy atom. The average molecular weight is 439 g/mol. The van der Waals surface area contributed by atoms with Crippen molar-refractivity contribution >= 4 is 21.8 Å². The molecule has 2 heterocycles. The van der Waals surface area contributed by atoms with Crippen LogP contribution in [0.1, 0.15) is 16.4 Å². The lowest BCUT2D eigenvalue weighted by molar-refractivity contribution is 0.0764. The highest BCUT2D eigenvalue weighted by atomic mass is 79.9. The van der Waals surface area contributed by atoms with E-state index < -0.39 is 23.4 Å². The van der Waals surface area contributed by atoms with Crippen LogP contribution in [-0.4, -0.2) is 57.8 Å². The standard InChI is InChI=1S/C17H19BrN4O5/c18-12-7-22(17(26)20-15(12)24)13-8-21(9-14(13)23)16(25)10-2-1-3-11(6-10)27-5-4-19/h1-3,6-7,13-14,23H,4-5,8-9,19H2,(H,20,24,26)/t13-,14-/m0/s1. The van der Waals surface area contributed by atoms with Gasteiger partial charge in [0.2, 0.25) is 0 Å². The summed E-state index contributed by atoms with van der Waals surface area (Å²) >= 11 is 3.07. The second kappa shape index (κ2) is 8.07. The van der Waals surface area contributed by atoms with Gasteiger partial charge >= 0.3 is 5.69 Å². The predicted molar refractivity (Wildman–Crippen MR) is 101 cm³/mol. The van der Waals surface area contributed by atoms with Gasteiger partial charge in [-0.05, 0) is 34.1 Å². The highest BCUT2D eigenvalue weighted by Gasteiger charge is 2.36. The summed E-state index contributed by atoms with van der Waals surface area (Å²) in [6.07, 6.45) is 0.380. The van der Waals surface area contributed by atoms with Crippen molar-refractivity contribution in [2.45, 2.75) is 12.1 Å². The fourth-order valence-electron chi connectivity index (χ4n) is 2.99. The van der Waals surface area contributed by atoms with E-state index in [-0.39, 0.29) is 23.5 Å². The predicted octanol–water partition coefficient (Wildman–Crippen LogP) is -0.305. The van der Waals surface area contributed by atoms with E-state index >= 15 is 0 Å². The first-order valence-electron chi connectivity index (χ1n) is 8.32. The van der Waals surface area contributed by atoms with Crippen LogP contribution in [0.5, 0.6) is 5.75 Å². The molecule has 0 unspecified atom stereocenters. The summed E-state index contributed by atoms with van der Waals surface area (Å²) < 4.78 is 6.83. The summed E-state index contributed by atoms with van der Waals surface area (Å²) in [5, 5.41) is 10.4. The van der Waals surface area contributed by atoms with Gasteiger partial charge in [-0.2, -0.15) is 0 Å². The molecule has 1 aromatic heterocycles. The number of nitrogens with zero attached hydrogens (tertiary/aromatic N) is 2. The number of aromatic nitrogens is 2. The van der Waals surface area contributed by atoms with Crippen molar-refractivity contribution in [2.24, 2.45) is 5.73 Å². The zero-order valence-electron chi connectivity index (χ0n) is 14.3. The SMILES string of the molecule is NCCOc1cccc(C(=O)N2C[C@H](O)[C@@H](n3cc(Br)c(=O)[nH]c3=O)C2)c1. The number of carbonyl (C=O) groups excluding carboxylic acids is 1. The van der Waals surface area contributed by atoms with Crippen LogP contribution in [0, 0.1) is 0 Å². The summed E-state index contributed by atoms with van der Waals surface area (Å²) in [7, 11) is 0. The molecule has 0 radical (unpaired) electrons. The number of nitrogens with one attached hydrogen (secondary N) is 1. The monoisotopic (exact) mass is 438 g/mol. The molecule has 1 fully saturated rings. The molecule has 9 nitrogen and oxygen atoms in total. The molecule has 1 aliphatic heterocycles. The molecule has 27 heavy (non-hydrogen) atoms. The third-order valence-electron chi connectivity index (χ3n) is 4.30. The number of β-amino-alcohol motifs (C(OH)–C–C–N with tert-alkyl or cyclic N) is 1. The average Bonchev–Trinajstić information content (AvgIpc) is 3.04. The van der Waals surface area contributed by atoms with Gasteiger partial charge in [0.25, 0.3) is 11.5 Å². The van der Waals surface area contributed by atoms with Crippen LogP contribution in [0.2, 0.25) is 0 Å². The minimum Gasteiger partial charge on any atom is -0.492 e. The molecule has 0 saturated carbocycles. The molecule has 2 atom stereocenters. The number of rotatable bonds is 5. The van der Waals surface area contributed by atoms with Gasteiger partial charge in [-0.15, -0.1) is 0 Å². The molecule has 1 aliphatic rings. The number of hydrogen-bond acceptors (Lipinski definition) is 6. The molecule has 1 aromatic carbocycles. The molecule has 3 rings (SSSR count). The lowest BCUT2D eigenvalue weighted by Gasteiger charge is -2.18. The number of aromatic amines is 1. The maximum atomic E-state index is 12.8. The number of nitrogens with two attached hydrogens (primary N) is 1. The fraction of sp³-hybridized carbons (Fsp3) is 0.353. The summed E-state index contributed by atoms with van der Waals surface area (Å²) in [6, 6.07) is 6.03. The third kappa shape index (κ3) is 4.12. The number of carbonyl (C=O) groups is 1. The van der Waals surface area contributed by atoms with Crippen LogP contribution >= 0.6 is 15.9 Å². The van der Waals surface area contributed by atoms with Crippen molar-refractivity contribution in [1.29, 1.82) is 0 Å². The van der Waals surface area contributed by atoms with E-state index in [0.717, 1.165) is 0 Å². The lowest BCUT2D eigenvalue weighted by atomic mass is 10.2. The first-order chi connectivity index (χ1) is 12.9. The highest BCUT2D eigenvalue weighted by molar-refractivity contribution is 9.10. The first-order valence-corrected chi connectivity index (χ1v) is 9.11. The third-order valence-corrected chi connectivity index (χ3v) is 4.86. The van der Waals surface area contributed by atoms with Crippen LogP contribution in [0.25, 0.3) is 0 Å². The van der Waals surface area contributed by atoms with Crippen molar-refractivity contribution in [3.05, 3.63) is 61.3 Å². The van der Waals surface area contributed by atoms with Crippen molar-refractivity contribution < 1.29 is 14.6 Å². The van der Waals surface area contributed by atoms with Gasteiger partial charge in [-0.1, -0.05) is 6.07 Å². The van der Waals surface area contributed by atoms with E-state index in [9.17, 15) is 19.5 Å². The van der Waals surface area contributed by atoms with Crippen LogP contribution in [0.3, 0.4) is 0 Å². The smallest absolute Gasteiger partial charge is 0.328 e. The second-order valence-corrected chi connectivity index (χ2v) is 7.01. The van der Waals surface area contributed by atoms with Gasteiger partial charge in [0.15, 0.2) is 0 Å². The Balaban J connectivity index is 1.80. The van der Waals surface area contributed by atoms with E-state index in [1.807, 2.05) is 0 Å². The molecular formula is C17H19BrN4O5. The fourth-order valence-corrected chi connectivity index (χ4v) is 3.31. The summed E-state index contributed by atoms with van der Waals surface area (Å²) in [4.78, 5) is 40.0. The Hall–Kier alpha value is -2.43. The number of ether oxygens (including phenoxy) is 1. The van der Waals surface area contributed by atoms with E-state index in [1.165, 1.54) is 15.7 Å². The topological polar surface area (TPSA) is 131 Å². The van der Waals surface area contributed by atoms with Gasteiger partial charge in [0.1, 0.15) is 12.4 Å². The van der Waals surface area contributed by atoms with Gasteiger partial charge in [0.05, 0.1) is 16.6 Å². The number of hydrogen-bond donors (Lipinski definition) is 3. The van der Waals surface area contributed by atoms with Crippen LogP contribution in [0.4, 0.5) is 0 Å². The van der Waals surface area contributed by atoms with Crippen molar-refractivity contribution in [2.75, 3.05) is 26.2 Å². The van der Waals surface area contributed by atoms with Gasteiger partial charge in [-0.25, -0.2) is 4.79 Å². The molecule has 144 valence electrons. The quantitative estimate of drug-likeness (QED) is 0.586. The Bertz CT molecular complexity index is 957. The molecule has 2 aromatic rings. The minimum atomic E-state index is -0.943. The van der Waals surface area contributed by atoms with Gasteiger partial charge < -0.3 is 20.5 Å². The number of halogens is 1. The van der Waals surface area contributed by atoms with E-state index in [1.54, 1.807) is 24.3 Å². The second-order valence-electron chi connectivity index (χ2n) is 6.15. The summed E-state index contributed by atoms with van der Waals surface area (Å²) in [5.41, 5.74) is 4.63. The van der Waals surface area contributed by atoms with Gasteiger partial charge in [-0.3, -0.25) is 19.1 Å². The maximum Gasteiger partial charge on any atom is 0.328 e. The van der Waals surface area contributed by atoms with Crippen molar-refractivity contribution in [3.8, 4) is 5.75 Å². The molecule has 0 bridgehead atoms. The lowest BCUT2D eigenvalue weighted by Crippen LogP contribution is -2.36. The number of benzene rings is 1. The Kier molecular flexibility index (Phi) is 5.78. The number of aliphatic hydroxyl groups excluding tert-OH is 1. The first kappa shape index (κ1) is 19.3. The Morgan fingerprint density at radius 2 is 2.15 bits per heavy atom. The van der Waals surface area contributed by atoms with E-state index in [4.69, 9.17) is 10.5 Å². The minimum absolute atomic E-state index is 0.0700. The van der Waals surface area contributed by atoms with Crippen molar-refractivity contribution in [3.63, 3.8) is 0 Å². The number of amides is 1. The highest BCUT2D eigenvalue weighted by Crippen LogP contribution is 2.24. The maximum absolute atomic E-state index is 12.8. The largest absolute Gasteiger partial charge is 0.492 e. The molecule has 1 saturated heterocycles. The molecule has 4 N–H and O–H groups in total. The molecule has 10 heteroatoms. The Labute approximate surface area is 162 Å². The van der Waals surface area contributed by atoms with Gasteiger partial charge in [0, 0.05) is 31.4 Å². The zero-order valence-corrected chi connectivity index (χ0v) is 15.9. The molecular weight excluding hydrogens is 420 g/mol. The summed E-state index contributed by atoms with van der Waals surface area (Å²) in [5.74, 6) is 0.245. The normalized spacial score (nSPS) is 19.3. The van der Waals surface area contributed by atoms with Crippen molar-refractivity contribution in [1.82, 2.24) is 14.5 Å². The number of H-pyrrole nitrogens is 1.